The number of hydrogen-bond donors (Lipinski definition) is 0. The van der Waals surface area contributed by atoms with Crippen LogP contribution in [-0.4, -0.2) is 12.2 Å². The minimum Gasteiger partial charge on any atom is -0.375 e. The van der Waals surface area contributed by atoms with Crippen molar-refractivity contribution in [1.82, 2.24) is 0 Å². The predicted octanol–water partition coefficient (Wildman–Crippen LogP) is 1.82. The van der Waals surface area contributed by atoms with Crippen LogP contribution < -0.4 is 0 Å². The van der Waals surface area contributed by atoms with Crippen LogP contribution in [0.1, 0.15) is 27.2 Å². The van der Waals surface area contributed by atoms with Crippen molar-refractivity contribution >= 4 is 0 Å². The van der Waals surface area contributed by atoms with Crippen LogP contribution in [-0.2, 0) is 4.74 Å². The van der Waals surface area contributed by atoms with Crippen molar-refractivity contribution in [3.63, 3.8) is 0 Å². The second kappa shape index (κ2) is 1.73. The SMILES string of the molecule is CCC1COC1(C)C. The smallest absolute Gasteiger partial charge is 0.0676 e. The van der Waals surface area contributed by atoms with Crippen molar-refractivity contribution in [1.29, 1.82) is 0 Å². The van der Waals surface area contributed by atoms with Crippen molar-refractivity contribution in [2.45, 2.75) is 32.8 Å². The van der Waals surface area contributed by atoms with Gasteiger partial charge >= 0.3 is 0 Å². The molecule has 0 spiro atoms. The first kappa shape index (κ1) is 6.09. The molecule has 0 radical (unpaired) electrons. The van der Waals surface area contributed by atoms with Gasteiger partial charge in [0.15, 0.2) is 0 Å². The molecule has 1 nitrogen and oxygen atoms in total. The van der Waals surface area contributed by atoms with E-state index >= 15 is 0 Å². The first-order valence-electron chi connectivity index (χ1n) is 3.31. The summed E-state index contributed by atoms with van der Waals surface area (Å²) in [6, 6.07) is 0. The molecule has 1 saturated heterocycles. The van der Waals surface area contributed by atoms with Crippen molar-refractivity contribution in [2.75, 3.05) is 6.61 Å². The lowest BCUT2D eigenvalue weighted by molar-refractivity contribution is -0.181. The molecule has 1 fully saturated rings. The molecule has 1 atom stereocenters. The fraction of sp³-hybridized carbons (Fsp3) is 1.00. The maximum atomic E-state index is 5.32. The predicted molar refractivity (Wildman–Crippen MR) is 33.8 cm³/mol. The standard InChI is InChI=1S/C7H14O/c1-4-6-5-8-7(6,2)3/h6H,4-5H2,1-3H3. The highest BCUT2D eigenvalue weighted by Crippen LogP contribution is 2.33. The molecule has 8 heavy (non-hydrogen) atoms. The Balaban J connectivity index is 2.37. The second-order valence-corrected chi connectivity index (χ2v) is 3.02. The molecule has 1 aliphatic heterocycles. The second-order valence-electron chi connectivity index (χ2n) is 3.02. The zero-order valence-electron chi connectivity index (χ0n) is 5.90. The number of rotatable bonds is 1. The van der Waals surface area contributed by atoms with Gasteiger partial charge in [-0.05, 0) is 20.3 Å². The minimum absolute atomic E-state index is 0.189. The van der Waals surface area contributed by atoms with E-state index in [1.54, 1.807) is 0 Å². The summed E-state index contributed by atoms with van der Waals surface area (Å²) in [5.74, 6) is 0.808. The lowest BCUT2D eigenvalue weighted by Crippen LogP contribution is -2.48. The van der Waals surface area contributed by atoms with Crippen LogP contribution in [0.2, 0.25) is 0 Å². The van der Waals surface area contributed by atoms with Crippen LogP contribution >= 0.6 is 0 Å². The van der Waals surface area contributed by atoms with E-state index in [0.29, 0.717) is 0 Å². The third kappa shape index (κ3) is 0.752. The van der Waals surface area contributed by atoms with Crippen molar-refractivity contribution in [3.8, 4) is 0 Å². The molecule has 0 aromatic rings. The highest BCUT2D eigenvalue weighted by Gasteiger charge is 2.37. The van der Waals surface area contributed by atoms with E-state index in [1.165, 1.54) is 6.42 Å². The molecule has 1 aliphatic rings. The Hall–Kier alpha value is -0.0400. The molecular formula is C7H14O. The van der Waals surface area contributed by atoms with Gasteiger partial charge in [-0.3, -0.25) is 0 Å². The summed E-state index contributed by atoms with van der Waals surface area (Å²) in [6.07, 6.45) is 1.26. The van der Waals surface area contributed by atoms with Gasteiger partial charge in [-0.15, -0.1) is 0 Å². The lowest BCUT2D eigenvalue weighted by atomic mass is 9.84. The average molecular weight is 114 g/mol. The first-order valence-corrected chi connectivity index (χ1v) is 3.31. The molecule has 0 saturated carbocycles. The molecular weight excluding hydrogens is 100 g/mol. The molecule has 0 aromatic heterocycles. The van der Waals surface area contributed by atoms with Gasteiger partial charge in [0, 0.05) is 5.92 Å². The van der Waals surface area contributed by atoms with Crippen LogP contribution in [0.15, 0.2) is 0 Å². The lowest BCUT2D eigenvalue weighted by Gasteiger charge is -2.44. The van der Waals surface area contributed by atoms with Gasteiger partial charge in [0.05, 0.1) is 12.2 Å². The van der Waals surface area contributed by atoms with E-state index in [1.807, 2.05) is 0 Å². The van der Waals surface area contributed by atoms with Gasteiger partial charge in [-0.25, -0.2) is 0 Å². The van der Waals surface area contributed by atoms with Crippen LogP contribution in [0.4, 0.5) is 0 Å². The Bertz CT molecular complexity index is 84.4. The van der Waals surface area contributed by atoms with Crippen LogP contribution in [0, 0.1) is 5.92 Å². The summed E-state index contributed by atoms with van der Waals surface area (Å²) in [4.78, 5) is 0. The summed E-state index contributed by atoms with van der Waals surface area (Å²) in [5.41, 5.74) is 0.189. The molecule has 1 rings (SSSR count). The van der Waals surface area contributed by atoms with Crippen LogP contribution in [0.25, 0.3) is 0 Å². The van der Waals surface area contributed by atoms with Gasteiger partial charge in [-0.1, -0.05) is 6.92 Å². The summed E-state index contributed by atoms with van der Waals surface area (Å²) < 4.78 is 5.32. The van der Waals surface area contributed by atoms with E-state index < -0.39 is 0 Å². The van der Waals surface area contributed by atoms with Crippen LogP contribution in [0.5, 0.6) is 0 Å². The summed E-state index contributed by atoms with van der Waals surface area (Å²) in [6.45, 7) is 7.51. The maximum absolute atomic E-state index is 5.32. The molecule has 0 bridgehead atoms. The third-order valence-electron chi connectivity index (χ3n) is 2.13. The molecule has 1 heterocycles. The zero-order valence-corrected chi connectivity index (χ0v) is 5.90. The minimum atomic E-state index is 0.189. The quantitative estimate of drug-likeness (QED) is 0.505. The molecule has 0 aromatic carbocycles. The summed E-state index contributed by atoms with van der Waals surface area (Å²) >= 11 is 0. The number of ether oxygens (including phenoxy) is 1. The molecule has 0 aliphatic carbocycles. The maximum Gasteiger partial charge on any atom is 0.0676 e. The summed E-state index contributed by atoms with van der Waals surface area (Å²) in [5, 5.41) is 0. The van der Waals surface area contributed by atoms with Gasteiger partial charge in [0.2, 0.25) is 0 Å². The normalized spacial score (nSPS) is 34.1. The largest absolute Gasteiger partial charge is 0.375 e. The van der Waals surface area contributed by atoms with Gasteiger partial charge in [-0.2, -0.15) is 0 Å². The summed E-state index contributed by atoms with van der Waals surface area (Å²) in [7, 11) is 0. The zero-order chi connectivity index (χ0) is 6.20. The van der Waals surface area contributed by atoms with E-state index in [0.717, 1.165) is 12.5 Å². The van der Waals surface area contributed by atoms with Gasteiger partial charge < -0.3 is 4.74 Å². The average Bonchev–Trinajstić information content (AvgIpc) is 1.66. The van der Waals surface area contributed by atoms with Crippen LogP contribution in [0.3, 0.4) is 0 Å². The fourth-order valence-electron chi connectivity index (χ4n) is 1.14. The molecule has 0 N–H and O–H groups in total. The molecule has 48 valence electrons. The van der Waals surface area contributed by atoms with Crippen molar-refractivity contribution in [3.05, 3.63) is 0 Å². The topological polar surface area (TPSA) is 9.23 Å². The van der Waals surface area contributed by atoms with E-state index in [4.69, 9.17) is 4.74 Å². The Kier molecular flexibility index (Phi) is 1.31. The highest BCUT2D eigenvalue weighted by atomic mass is 16.5. The monoisotopic (exact) mass is 114 g/mol. The third-order valence-corrected chi connectivity index (χ3v) is 2.13. The Labute approximate surface area is 51.0 Å². The van der Waals surface area contributed by atoms with Crippen molar-refractivity contribution in [2.24, 2.45) is 5.92 Å². The van der Waals surface area contributed by atoms with Gasteiger partial charge in [0.25, 0.3) is 0 Å². The molecule has 1 heteroatoms. The molecule has 0 amide bonds. The van der Waals surface area contributed by atoms with Crippen molar-refractivity contribution < 1.29 is 4.74 Å². The number of hydrogen-bond acceptors (Lipinski definition) is 1. The fourth-order valence-corrected chi connectivity index (χ4v) is 1.14. The van der Waals surface area contributed by atoms with E-state index in [9.17, 15) is 0 Å². The van der Waals surface area contributed by atoms with E-state index in [-0.39, 0.29) is 5.60 Å². The Morgan fingerprint density at radius 3 is 2.25 bits per heavy atom. The van der Waals surface area contributed by atoms with E-state index in [2.05, 4.69) is 20.8 Å². The Morgan fingerprint density at radius 2 is 2.25 bits per heavy atom. The van der Waals surface area contributed by atoms with Gasteiger partial charge in [0.1, 0.15) is 0 Å². The first-order chi connectivity index (χ1) is 3.67. The highest BCUT2D eigenvalue weighted by molar-refractivity contribution is 4.86. The Morgan fingerprint density at radius 1 is 1.62 bits per heavy atom. The molecule has 1 unspecified atom stereocenters.